The van der Waals surface area contributed by atoms with E-state index >= 15 is 0 Å². The van der Waals surface area contributed by atoms with Gasteiger partial charge in [-0.1, -0.05) is 0 Å². The van der Waals surface area contributed by atoms with Crippen LogP contribution in [-0.2, 0) is 9.53 Å². The van der Waals surface area contributed by atoms with Gasteiger partial charge in [0, 0.05) is 38.0 Å². The lowest BCUT2D eigenvalue weighted by atomic mass is 9.88. The molecule has 1 saturated carbocycles. The van der Waals surface area contributed by atoms with Crippen LogP contribution in [0.3, 0.4) is 0 Å². The molecule has 1 saturated heterocycles. The van der Waals surface area contributed by atoms with Crippen molar-refractivity contribution in [1.82, 2.24) is 9.88 Å². The average Bonchev–Trinajstić information content (AvgIpc) is 2.96. The number of carboxylic acids is 1. The Kier molecular flexibility index (Phi) is 4.71. The molecule has 0 spiro atoms. The largest absolute Gasteiger partial charge is 0.481 e. The molecule has 1 aliphatic carbocycles. The Balaban J connectivity index is 1.70. The second-order valence-electron chi connectivity index (χ2n) is 6.55. The molecule has 1 N–H and O–H groups in total. The van der Waals surface area contributed by atoms with Crippen LogP contribution in [0.25, 0.3) is 0 Å². The Labute approximate surface area is 140 Å². The number of nitrogens with zero attached hydrogens (tertiary/aromatic N) is 2. The smallest absolute Gasteiger partial charge is 0.313 e. The number of methoxy groups -OCH3 is 1. The number of carbonyl (C=O) groups excluding carboxylic acids is 1. The van der Waals surface area contributed by atoms with E-state index in [2.05, 4.69) is 4.98 Å². The average molecular weight is 334 g/mol. The van der Waals surface area contributed by atoms with E-state index in [4.69, 9.17) is 9.47 Å². The first-order chi connectivity index (χ1) is 11.5. The number of hydrogen-bond acceptors (Lipinski definition) is 5. The van der Waals surface area contributed by atoms with E-state index in [-0.39, 0.29) is 25.2 Å². The SMILES string of the molecule is COCC1(C(=O)O)CCN(C(=O)c2ccnc(OC3CCC3)c2)C1. The molecular formula is C17H22N2O5. The van der Waals surface area contributed by atoms with E-state index in [1.54, 1.807) is 23.2 Å². The minimum atomic E-state index is -1.03. The normalized spacial score (nSPS) is 23.8. The van der Waals surface area contributed by atoms with Crippen LogP contribution in [-0.4, -0.2) is 59.8 Å². The molecule has 2 aliphatic rings. The number of hydrogen-bond donors (Lipinski definition) is 1. The van der Waals surface area contributed by atoms with Crippen molar-refractivity contribution in [2.45, 2.75) is 31.8 Å². The summed E-state index contributed by atoms with van der Waals surface area (Å²) in [6.45, 7) is 0.643. The molecule has 0 aromatic carbocycles. The maximum absolute atomic E-state index is 12.7. The summed E-state index contributed by atoms with van der Waals surface area (Å²) < 4.78 is 10.8. The van der Waals surface area contributed by atoms with Gasteiger partial charge in [-0.3, -0.25) is 9.59 Å². The van der Waals surface area contributed by atoms with Crippen molar-refractivity contribution in [3.63, 3.8) is 0 Å². The predicted molar refractivity (Wildman–Crippen MR) is 85.0 cm³/mol. The fourth-order valence-corrected chi connectivity index (χ4v) is 3.13. The van der Waals surface area contributed by atoms with Crippen molar-refractivity contribution < 1.29 is 24.2 Å². The van der Waals surface area contributed by atoms with Gasteiger partial charge in [-0.05, 0) is 31.7 Å². The third-order valence-electron chi connectivity index (χ3n) is 4.84. The maximum atomic E-state index is 12.7. The number of aliphatic carboxylic acids is 1. The molecule has 0 bridgehead atoms. The zero-order valence-electron chi connectivity index (χ0n) is 13.7. The molecule has 24 heavy (non-hydrogen) atoms. The van der Waals surface area contributed by atoms with Gasteiger partial charge in [-0.15, -0.1) is 0 Å². The summed E-state index contributed by atoms with van der Waals surface area (Å²) in [5.74, 6) is -0.676. The van der Waals surface area contributed by atoms with Gasteiger partial charge in [0.2, 0.25) is 5.88 Å². The minimum absolute atomic E-state index is 0.0957. The van der Waals surface area contributed by atoms with Crippen LogP contribution in [0.5, 0.6) is 5.88 Å². The topological polar surface area (TPSA) is 89.0 Å². The molecule has 7 nitrogen and oxygen atoms in total. The number of amides is 1. The van der Waals surface area contributed by atoms with Gasteiger partial charge >= 0.3 is 5.97 Å². The van der Waals surface area contributed by atoms with Gasteiger partial charge in [0.25, 0.3) is 5.91 Å². The first-order valence-electron chi connectivity index (χ1n) is 8.18. The quantitative estimate of drug-likeness (QED) is 0.849. The Bertz CT molecular complexity index is 631. The molecule has 1 atom stereocenters. The van der Waals surface area contributed by atoms with Gasteiger partial charge in [0.05, 0.1) is 6.61 Å². The molecule has 7 heteroatoms. The highest BCUT2D eigenvalue weighted by molar-refractivity contribution is 5.95. The summed E-state index contributed by atoms with van der Waals surface area (Å²) >= 11 is 0. The number of carboxylic acid groups (broad SMARTS) is 1. The van der Waals surface area contributed by atoms with Crippen molar-refractivity contribution in [3.05, 3.63) is 23.9 Å². The standard InChI is InChI=1S/C17H22N2O5/c1-23-11-17(16(21)22)6-8-19(10-17)15(20)12-5-7-18-14(9-12)24-13-3-2-4-13/h5,7,9,13H,2-4,6,8,10-11H2,1H3,(H,21,22). The summed E-state index contributed by atoms with van der Waals surface area (Å²) in [6, 6.07) is 3.27. The number of pyridine rings is 1. The second-order valence-corrected chi connectivity index (χ2v) is 6.55. The molecular weight excluding hydrogens is 312 g/mol. The van der Waals surface area contributed by atoms with Crippen LogP contribution < -0.4 is 4.74 Å². The molecule has 1 amide bonds. The third-order valence-corrected chi connectivity index (χ3v) is 4.84. The van der Waals surface area contributed by atoms with Gasteiger partial charge in [-0.2, -0.15) is 0 Å². The van der Waals surface area contributed by atoms with E-state index in [1.807, 2.05) is 0 Å². The minimum Gasteiger partial charge on any atom is -0.481 e. The number of rotatable bonds is 6. The zero-order chi connectivity index (χ0) is 17.2. The van der Waals surface area contributed by atoms with Crippen LogP contribution in [0, 0.1) is 5.41 Å². The van der Waals surface area contributed by atoms with Gasteiger partial charge in [0.1, 0.15) is 11.5 Å². The molecule has 2 fully saturated rings. The highest BCUT2D eigenvalue weighted by atomic mass is 16.5. The highest BCUT2D eigenvalue weighted by Gasteiger charge is 2.46. The number of likely N-dealkylation sites (tertiary alicyclic amines) is 1. The lowest BCUT2D eigenvalue weighted by molar-refractivity contribution is -0.151. The van der Waals surface area contributed by atoms with E-state index in [0.717, 1.165) is 19.3 Å². The Hall–Kier alpha value is -2.15. The van der Waals surface area contributed by atoms with E-state index in [0.29, 0.717) is 24.4 Å². The van der Waals surface area contributed by atoms with E-state index in [9.17, 15) is 14.7 Å². The summed E-state index contributed by atoms with van der Waals surface area (Å²) in [7, 11) is 1.47. The highest BCUT2D eigenvalue weighted by Crippen LogP contribution is 2.32. The van der Waals surface area contributed by atoms with Crippen molar-refractivity contribution in [1.29, 1.82) is 0 Å². The van der Waals surface area contributed by atoms with Crippen LogP contribution >= 0.6 is 0 Å². The molecule has 1 aromatic rings. The lowest BCUT2D eigenvalue weighted by Crippen LogP contribution is -2.40. The molecule has 130 valence electrons. The maximum Gasteiger partial charge on any atom is 0.313 e. The van der Waals surface area contributed by atoms with Crippen molar-refractivity contribution in [3.8, 4) is 5.88 Å². The summed E-state index contributed by atoms with van der Waals surface area (Å²) in [5, 5.41) is 9.49. The van der Waals surface area contributed by atoms with Gasteiger partial charge in [0.15, 0.2) is 0 Å². The molecule has 1 aliphatic heterocycles. The van der Waals surface area contributed by atoms with Crippen molar-refractivity contribution >= 4 is 11.9 Å². The van der Waals surface area contributed by atoms with Gasteiger partial charge < -0.3 is 19.5 Å². The molecule has 1 unspecified atom stereocenters. The molecule has 0 radical (unpaired) electrons. The fraction of sp³-hybridized carbons (Fsp3) is 0.588. The predicted octanol–water partition coefficient (Wildman–Crippen LogP) is 1.58. The number of ether oxygens (including phenoxy) is 2. The molecule has 1 aromatic heterocycles. The van der Waals surface area contributed by atoms with Crippen molar-refractivity contribution in [2.24, 2.45) is 5.41 Å². The van der Waals surface area contributed by atoms with Crippen molar-refractivity contribution in [2.75, 3.05) is 26.8 Å². The van der Waals surface area contributed by atoms with Crippen LogP contribution in [0.4, 0.5) is 0 Å². The molecule has 3 rings (SSSR count). The fourth-order valence-electron chi connectivity index (χ4n) is 3.13. The Morgan fingerprint density at radius 1 is 1.46 bits per heavy atom. The summed E-state index contributed by atoms with van der Waals surface area (Å²) in [5.41, 5.74) is -0.555. The Morgan fingerprint density at radius 3 is 2.88 bits per heavy atom. The van der Waals surface area contributed by atoms with Crippen LogP contribution in [0.15, 0.2) is 18.3 Å². The number of aromatic nitrogens is 1. The Morgan fingerprint density at radius 2 is 2.25 bits per heavy atom. The van der Waals surface area contributed by atoms with Crippen LogP contribution in [0.2, 0.25) is 0 Å². The summed E-state index contributed by atoms with van der Waals surface area (Å²) in [6.07, 6.45) is 5.33. The number of carbonyl (C=O) groups is 2. The summed E-state index contributed by atoms with van der Waals surface area (Å²) in [4.78, 5) is 30.0. The van der Waals surface area contributed by atoms with Gasteiger partial charge in [-0.25, -0.2) is 4.98 Å². The van der Waals surface area contributed by atoms with Crippen LogP contribution in [0.1, 0.15) is 36.0 Å². The van der Waals surface area contributed by atoms with E-state index < -0.39 is 11.4 Å². The monoisotopic (exact) mass is 334 g/mol. The second kappa shape index (κ2) is 6.76. The first-order valence-corrected chi connectivity index (χ1v) is 8.18. The molecule has 2 heterocycles. The van der Waals surface area contributed by atoms with E-state index in [1.165, 1.54) is 7.11 Å². The first kappa shape index (κ1) is 16.7. The lowest BCUT2D eigenvalue weighted by Gasteiger charge is -2.26. The third kappa shape index (κ3) is 3.21. The zero-order valence-corrected chi connectivity index (χ0v) is 13.7.